The van der Waals surface area contributed by atoms with Crippen LogP contribution in [0, 0.1) is 0 Å². The van der Waals surface area contributed by atoms with Gasteiger partial charge in [0.25, 0.3) is 0 Å². The van der Waals surface area contributed by atoms with Crippen LogP contribution in [0.3, 0.4) is 0 Å². The number of carbonyl (C=O) groups excluding carboxylic acids is 1. The Kier molecular flexibility index (Phi) is 6.21. The zero-order chi connectivity index (χ0) is 21.1. The van der Waals surface area contributed by atoms with Crippen LogP contribution in [-0.4, -0.2) is 40.3 Å². The number of aromatic nitrogens is 2. The number of benzene rings is 1. The first-order valence-electron chi connectivity index (χ1n) is 9.73. The number of ether oxygens (including phenoxy) is 1. The third kappa shape index (κ3) is 6.25. The number of nitrogens with two attached hydrogens (primary N) is 1. The van der Waals surface area contributed by atoms with Gasteiger partial charge in [0.15, 0.2) is 0 Å². The number of amides is 1. The van der Waals surface area contributed by atoms with Crippen molar-refractivity contribution < 1.29 is 9.53 Å². The summed E-state index contributed by atoms with van der Waals surface area (Å²) in [4.78, 5) is 24.5. The summed E-state index contributed by atoms with van der Waals surface area (Å²) in [5.41, 5.74) is 5.78. The molecule has 29 heavy (non-hydrogen) atoms. The Labute approximate surface area is 176 Å². The van der Waals surface area contributed by atoms with Gasteiger partial charge >= 0.3 is 6.09 Å². The lowest BCUT2D eigenvalue weighted by atomic mass is 9.90. The molecule has 1 saturated heterocycles. The molecule has 0 radical (unpaired) electrons. The molecule has 0 bridgehead atoms. The molecule has 7 nitrogen and oxygen atoms in total. The Hall–Kier alpha value is -2.48. The van der Waals surface area contributed by atoms with Gasteiger partial charge in [-0.1, -0.05) is 17.8 Å². The van der Waals surface area contributed by atoms with Crippen molar-refractivity contribution in [1.29, 1.82) is 0 Å². The second-order valence-corrected chi connectivity index (χ2v) is 9.66. The molecule has 1 aromatic carbocycles. The third-order valence-electron chi connectivity index (χ3n) is 4.69. The van der Waals surface area contributed by atoms with Crippen molar-refractivity contribution in [3.8, 4) is 0 Å². The van der Waals surface area contributed by atoms with Crippen LogP contribution in [0.1, 0.15) is 40.5 Å². The molecule has 0 spiro atoms. The van der Waals surface area contributed by atoms with E-state index in [1.165, 1.54) is 11.8 Å². The van der Waals surface area contributed by atoms with Crippen LogP contribution in [0.2, 0.25) is 0 Å². The highest BCUT2D eigenvalue weighted by Gasteiger charge is 2.33. The van der Waals surface area contributed by atoms with E-state index in [1.807, 2.05) is 45.0 Å². The maximum atomic E-state index is 12.1. The number of piperidine rings is 1. The van der Waals surface area contributed by atoms with Gasteiger partial charge in [-0.3, -0.25) is 0 Å². The molecule has 0 aliphatic carbocycles. The largest absolute Gasteiger partial charge is 0.444 e. The highest BCUT2D eigenvalue weighted by Crippen LogP contribution is 2.29. The fraction of sp³-hybridized carbons (Fsp3) is 0.476. The average Bonchev–Trinajstić information content (AvgIpc) is 2.61. The van der Waals surface area contributed by atoms with Crippen LogP contribution in [0.4, 0.5) is 16.3 Å². The monoisotopic (exact) mass is 415 g/mol. The first-order valence-corrected chi connectivity index (χ1v) is 10.6. The van der Waals surface area contributed by atoms with Crippen LogP contribution >= 0.6 is 11.8 Å². The predicted octanol–water partition coefficient (Wildman–Crippen LogP) is 4.09. The Morgan fingerprint density at radius 3 is 2.55 bits per heavy atom. The number of carbonyl (C=O) groups is 1. The van der Waals surface area contributed by atoms with Gasteiger partial charge in [0.05, 0.1) is 12.4 Å². The molecule has 1 fully saturated rings. The molecule has 1 aliphatic rings. The molecule has 3 N–H and O–H groups in total. The van der Waals surface area contributed by atoms with E-state index in [4.69, 9.17) is 10.5 Å². The molecular weight excluding hydrogens is 386 g/mol. The van der Waals surface area contributed by atoms with Crippen molar-refractivity contribution in [2.45, 2.75) is 61.6 Å². The number of alkyl carbamates (subject to hydrolysis) is 1. The maximum absolute atomic E-state index is 12.1. The lowest BCUT2D eigenvalue weighted by molar-refractivity contribution is 0.0448. The summed E-state index contributed by atoms with van der Waals surface area (Å²) in [5, 5.41) is 3.85. The van der Waals surface area contributed by atoms with E-state index in [9.17, 15) is 4.79 Å². The molecule has 3 rings (SSSR count). The van der Waals surface area contributed by atoms with E-state index in [1.54, 1.807) is 12.4 Å². The molecule has 156 valence electrons. The second kappa shape index (κ2) is 8.49. The minimum Gasteiger partial charge on any atom is -0.444 e. The van der Waals surface area contributed by atoms with Crippen molar-refractivity contribution in [1.82, 2.24) is 15.3 Å². The Balaban J connectivity index is 1.54. The summed E-state index contributed by atoms with van der Waals surface area (Å²) in [6.07, 6.45) is 4.85. The van der Waals surface area contributed by atoms with Gasteiger partial charge < -0.3 is 20.7 Å². The van der Waals surface area contributed by atoms with Crippen molar-refractivity contribution in [3.63, 3.8) is 0 Å². The zero-order valence-corrected chi connectivity index (χ0v) is 18.3. The zero-order valence-electron chi connectivity index (χ0n) is 17.4. The van der Waals surface area contributed by atoms with Crippen molar-refractivity contribution >= 4 is 29.4 Å². The number of rotatable bonds is 4. The van der Waals surface area contributed by atoms with Gasteiger partial charge in [0, 0.05) is 29.2 Å². The first kappa shape index (κ1) is 21.2. The van der Waals surface area contributed by atoms with Crippen molar-refractivity contribution in [3.05, 3.63) is 36.7 Å². The molecular formula is C21H29N5O2S. The second-order valence-electron chi connectivity index (χ2n) is 8.56. The summed E-state index contributed by atoms with van der Waals surface area (Å²) >= 11 is 1.53. The number of nitrogens with one attached hydrogen (secondary N) is 1. The highest BCUT2D eigenvalue weighted by atomic mass is 32.2. The van der Waals surface area contributed by atoms with Crippen LogP contribution < -0.4 is 16.0 Å². The number of hydrogen-bond donors (Lipinski definition) is 2. The van der Waals surface area contributed by atoms with Crippen LogP contribution in [0.15, 0.2) is 46.6 Å². The third-order valence-corrected chi connectivity index (χ3v) is 5.60. The summed E-state index contributed by atoms with van der Waals surface area (Å²) in [7, 11) is 0. The normalized spacial score (nSPS) is 16.3. The first-order chi connectivity index (χ1) is 13.6. The molecule has 0 atom stereocenters. The van der Waals surface area contributed by atoms with Gasteiger partial charge in [0.2, 0.25) is 0 Å². The summed E-state index contributed by atoms with van der Waals surface area (Å²) < 4.78 is 5.39. The van der Waals surface area contributed by atoms with E-state index in [0.717, 1.165) is 47.4 Å². The molecule has 1 aliphatic heterocycles. The number of hydrogen-bond acceptors (Lipinski definition) is 7. The number of anilines is 2. The molecule has 1 amide bonds. The standard InChI is InChI=1S/C21H29N5O2S/c1-20(2,3)28-19(27)25-21(4)8-10-26(11-9-21)17-13-24-18(14-23-17)29-16-7-5-6-15(22)12-16/h5-7,12-14H,8-11,22H2,1-4H3,(H,25,27). The quantitative estimate of drug-likeness (QED) is 0.726. The fourth-order valence-electron chi connectivity index (χ4n) is 3.13. The van der Waals surface area contributed by atoms with Gasteiger partial charge in [-0.25, -0.2) is 14.8 Å². The van der Waals surface area contributed by atoms with Crippen molar-refractivity contribution in [2.75, 3.05) is 23.7 Å². The van der Waals surface area contributed by atoms with E-state index >= 15 is 0 Å². The SMILES string of the molecule is CC1(NC(=O)OC(C)(C)C)CCN(c2cnc(Sc3cccc(N)c3)cn2)CC1. The predicted molar refractivity (Wildman–Crippen MR) is 116 cm³/mol. The Morgan fingerprint density at radius 2 is 1.97 bits per heavy atom. The van der Waals surface area contributed by atoms with Gasteiger partial charge in [0.1, 0.15) is 16.4 Å². The summed E-state index contributed by atoms with van der Waals surface area (Å²) in [5.74, 6) is 0.848. The molecule has 0 saturated carbocycles. The number of nitrogens with zero attached hydrogens (tertiary/aromatic N) is 3. The van der Waals surface area contributed by atoms with Crippen LogP contribution in [0.25, 0.3) is 0 Å². The van der Waals surface area contributed by atoms with E-state index in [2.05, 4.69) is 27.1 Å². The average molecular weight is 416 g/mol. The summed E-state index contributed by atoms with van der Waals surface area (Å²) in [6.45, 7) is 9.25. The fourth-order valence-corrected chi connectivity index (χ4v) is 3.92. The van der Waals surface area contributed by atoms with E-state index in [0.29, 0.717) is 0 Å². The number of nitrogen functional groups attached to an aromatic ring is 1. The van der Waals surface area contributed by atoms with E-state index in [-0.39, 0.29) is 11.6 Å². The molecule has 2 aromatic rings. The Bertz CT molecular complexity index is 843. The smallest absolute Gasteiger partial charge is 0.408 e. The van der Waals surface area contributed by atoms with E-state index < -0.39 is 5.60 Å². The molecule has 2 heterocycles. The molecule has 8 heteroatoms. The van der Waals surface area contributed by atoms with Crippen molar-refractivity contribution in [2.24, 2.45) is 0 Å². The summed E-state index contributed by atoms with van der Waals surface area (Å²) in [6, 6.07) is 7.71. The topological polar surface area (TPSA) is 93.4 Å². The minimum absolute atomic E-state index is 0.282. The van der Waals surface area contributed by atoms with Gasteiger partial charge in [-0.15, -0.1) is 0 Å². The lowest BCUT2D eigenvalue weighted by Gasteiger charge is -2.40. The van der Waals surface area contributed by atoms with Gasteiger partial charge in [-0.2, -0.15) is 0 Å². The van der Waals surface area contributed by atoms with Crippen LogP contribution in [-0.2, 0) is 4.74 Å². The maximum Gasteiger partial charge on any atom is 0.408 e. The minimum atomic E-state index is -0.498. The Morgan fingerprint density at radius 1 is 1.24 bits per heavy atom. The molecule has 1 aromatic heterocycles. The lowest BCUT2D eigenvalue weighted by Crippen LogP contribution is -2.54. The molecule has 0 unspecified atom stereocenters. The van der Waals surface area contributed by atoms with Crippen LogP contribution in [0.5, 0.6) is 0 Å². The van der Waals surface area contributed by atoms with Gasteiger partial charge in [-0.05, 0) is 58.7 Å². The highest BCUT2D eigenvalue weighted by molar-refractivity contribution is 7.99.